The van der Waals surface area contributed by atoms with E-state index in [1.807, 2.05) is 0 Å². The maximum absolute atomic E-state index is 12.3. The van der Waals surface area contributed by atoms with Gasteiger partial charge in [0.15, 0.2) is 0 Å². The van der Waals surface area contributed by atoms with Gasteiger partial charge in [0.05, 0.1) is 24.5 Å². The van der Waals surface area contributed by atoms with Crippen LogP contribution in [-0.4, -0.2) is 28.4 Å². The van der Waals surface area contributed by atoms with Gasteiger partial charge in [0.2, 0.25) is 11.8 Å². The number of fused-ring (bicyclic) bond motifs is 1. The first-order valence-corrected chi connectivity index (χ1v) is 7.74. The Bertz CT molecular complexity index is 533. The van der Waals surface area contributed by atoms with Crippen molar-refractivity contribution in [2.45, 2.75) is 31.8 Å². The third-order valence-corrected chi connectivity index (χ3v) is 4.79. The van der Waals surface area contributed by atoms with E-state index < -0.39 is 6.10 Å². The van der Waals surface area contributed by atoms with E-state index in [4.69, 9.17) is 11.6 Å². The molecule has 3 rings (SSSR count). The maximum Gasteiger partial charge on any atom is 0.233 e. The lowest BCUT2D eigenvalue weighted by Crippen LogP contribution is -2.35. The summed E-state index contributed by atoms with van der Waals surface area (Å²) in [5.74, 6) is -0.553. The van der Waals surface area contributed by atoms with Crippen LogP contribution in [0.2, 0.25) is 5.02 Å². The van der Waals surface area contributed by atoms with E-state index in [1.54, 1.807) is 24.3 Å². The SMILES string of the molecule is O=C1C2CCCCC2C(=O)N1CC(O)c1ccc(Cl)cc1. The van der Waals surface area contributed by atoms with E-state index >= 15 is 0 Å². The fourth-order valence-corrected chi connectivity index (χ4v) is 3.50. The second-order valence-electron chi connectivity index (χ2n) is 5.85. The Balaban J connectivity index is 1.73. The van der Waals surface area contributed by atoms with E-state index in [2.05, 4.69) is 0 Å². The molecule has 1 aliphatic heterocycles. The summed E-state index contributed by atoms with van der Waals surface area (Å²) in [6.45, 7) is 0.0340. The Labute approximate surface area is 128 Å². The Morgan fingerprint density at radius 2 is 1.62 bits per heavy atom. The van der Waals surface area contributed by atoms with Crippen molar-refractivity contribution in [3.8, 4) is 0 Å². The van der Waals surface area contributed by atoms with Crippen LogP contribution in [0.15, 0.2) is 24.3 Å². The fourth-order valence-electron chi connectivity index (χ4n) is 3.37. The zero-order valence-corrected chi connectivity index (χ0v) is 12.4. The minimum atomic E-state index is -0.865. The normalized spacial score (nSPS) is 26.9. The van der Waals surface area contributed by atoms with Gasteiger partial charge in [-0.3, -0.25) is 14.5 Å². The molecule has 1 aromatic rings. The smallest absolute Gasteiger partial charge is 0.233 e. The van der Waals surface area contributed by atoms with Gasteiger partial charge in [-0.15, -0.1) is 0 Å². The Morgan fingerprint density at radius 1 is 1.10 bits per heavy atom. The van der Waals surface area contributed by atoms with E-state index in [-0.39, 0.29) is 30.2 Å². The molecule has 1 saturated heterocycles. The number of imide groups is 1. The lowest BCUT2D eigenvalue weighted by Gasteiger charge is -2.19. The van der Waals surface area contributed by atoms with Gasteiger partial charge in [-0.05, 0) is 30.5 Å². The van der Waals surface area contributed by atoms with Crippen molar-refractivity contribution in [2.75, 3.05) is 6.54 Å². The first-order valence-electron chi connectivity index (χ1n) is 7.36. The molecule has 1 N–H and O–H groups in total. The summed E-state index contributed by atoms with van der Waals surface area (Å²) < 4.78 is 0. The summed E-state index contributed by atoms with van der Waals surface area (Å²) in [7, 11) is 0. The van der Waals surface area contributed by atoms with Gasteiger partial charge in [0.1, 0.15) is 0 Å². The van der Waals surface area contributed by atoms with E-state index in [1.165, 1.54) is 4.90 Å². The van der Waals surface area contributed by atoms with Gasteiger partial charge in [0.25, 0.3) is 0 Å². The summed E-state index contributed by atoms with van der Waals surface area (Å²) in [4.78, 5) is 25.9. The molecule has 1 aromatic carbocycles. The molecule has 2 aliphatic rings. The molecule has 0 aromatic heterocycles. The van der Waals surface area contributed by atoms with Crippen LogP contribution in [0.4, 0.5) is 0 Å². The fraction of sp³-hybridized carbons (Fsp3) is 0.500. The average Bonchev–Trinajstić information content (AvgIpc) is 2.73. The van der Waals surface area contributed by atoms with E-state index in [9.17, 15) is 14.7 Å². The molecule has 2 fully saturated rings. The molecule has 4 nitrogen and oxygen atoms in total. The molecule has 1 aliphatic carbocycles. The van der Waals surface area contributed by atoms with E-state index in [0.717, 1.165) is 25.7 Å². The number of rotatable bonds is 3. The largest absolute Gasteiger partial charge is 0.387 e. The molecule has 5 heteroatoms. The van der Waals surface area contributed by atoms with Crippen LogP contribution in [0.1, 0.15) is 37.4 Å². The molecule has 3 unspecified atom stereocenters. The lowest BCUT2D eigenvalue weighted by atomic mass is 9.81. The van der Waals surface area contributed by atoms with Crippen molar-refractivity contribution in [2.24, 2.45) is 11.8 Å². The van der Waals surface area contributed by atoms with Crippen molar-refractivity contribution in [3.63, 3.8) is 0 Å². The number of carbonyl (C=O) groups excluding carboxylic acids is 2. The molecule has 21 heavy (non-hydrogen) atoms. The van der Waals surface area contributed by atoms with Crippen LogP contribution >= 0.6 is 11.6 Å². The highest BCUT2D eigenvalue weighted by Gasteiger charge is 2.48. The van der Waals surface area contributed by atoms with Crippen LogP contribution < -0.4 is 0 Å². The molecule has 2 amide bonds. The number of likely N-dealkylation sites (tertiary alicyclic amines) is 1. The summed E-state index contributed by atoms with van der Waals surface area (Å²) in [6.07, 6.45) is 2.74. The molecule has 1 heterocycles. The van der Waals surface area contributed by atoms with Crippen molar-refractivity contribution in [1.82, 2.24) is 4.90 Å². The van der Waals surface area contributed by atoms with Crippen LogP contribution in [0, 0.1) is 11.8 Å². The number of carbonyl (C=O) groups is 2. The highest BCUT2D eigenvalue weighted by atomic mass is 35.5. The van der Waals surface area contributed by atoms with Crippen LogP contribution in [0.5, 0.6) is 0 Å². The predicted molar refractivity (Wildman–Crippen MR) is 78.6 cm³/mol. The molecule has 3 atom stereocenters. The predicted octanol–water partition coefficient (Wildman–Crippen LogP) is 2.55. The highest BCUT2D eigenvalue weighted by Crippen LogP contribution is 2.38. The van der Waals surface area contributed by atoms with Crippen molar-refractivity contribution >= 4 is 23.4 Å². The minimum Gasteiger partial charge on any atom is -0.387 e. The number of aliphatic hydroxyl groups is 1. The van der Waals surface area contributed by atoms with Gasteiger partial charge in [0, 0.05) is 5.02 Å². The number of halogens is 1. The Hall–Kier alpha value is -1.39. The van der Waals surface area contributed by atoms with Gasteiger partial charge >= 0.3 is 0 Å². The van der Waals surface area contributed by atoms with E-state index in [0.29, 0.717) is 10.6 Å². The Morgan fingerprint density at radius 3 is 2.14 bits per heavy atom. The number of amides is 2. The van der Waals surface area contributed by atoms with Crippen molar-refractivity contribution in [1.29, 1.82) is 0 Å². The van der Waals surface area contributed by atoms with Gasteiger partial charge in [-0.1, -0.05) is 36.6 Å². The summed E-state index contributed by atoms with van der Waals surface area (Å²) in [6, 6.07) is 6.80. The number of β-amino-alcohol motifs (C(OH)–C–C–N with tert-alkyl or cyclic N) is 1. The zero-order chi connectivity index (χ0) is 15.0. The van der Waals surface area contributed by atoms with Crippen LogP contribution in [0.3, 0.4) is 0 Å². The van der Waals surface area contributed by atoms with Gasteiger partial charge < -0.3 is 5.11 Å². The molecule has 0 spiro atoms. The first-order chi connectivity index (χ1) is 10.1. The highest BCUT2D eigenvalue weighted by molar-refractivity contribution is 6.30. The molecule has 0 radical (unpaired) electrons. The second kappa shape index (κ2) is 5.78. The van der Waals surface area contributed by atoms with Crippen molar-refractivity contribution < 1.29 is 14.7 Å². The number of nitrogens with zero attached hydrogens (tertiary/aromatic N) is 1. The Kier molecular flexibility index (Phi) is 4.00. The minimum absolute atomic E-state index is 0.0340. The number of hydrogen-bond donors (Lipinski definition) is 1. The topological polar surface area (TPSA) is 57.6 Å². The molecular weight excluding hydrogens is 290 g/mol. The molecule has 112 valence electrons. The van der Waals surface area contributed by atoms with Gasteiger partial charge in [-0.25, -0.2) is 0 Å². The van der Waals surface area contributed by atoms with Crippen LogP contribution in [-0.2, 0) is 9.59 Å². The standard InChI is InChI=1S/C16H18ClNO3/c17-11-7-5-10(6-8-11)14(19)9-18-15(20)12-3-1-2-4-13(12)16(18)21/h5-8,12-14,19H,1-4,9H2. The number of aliphatic hydroxyl groups excluding tert-OH is 1. The molecule has 0 bridgehead atoms. The third kappa shape index (κ3) is 2.70. The summed E-state index contributed by atoms with van der Waals surface area (Å²) >= 11 is 5.82. The lowest BCUT2D eigenvalue weighted by molar-refractivity contribution is -0.141. The van der Waals surface area contributed by atoms with Crippen LogP contribution in [0.25, 0.3) is 0 Å². The number of hydrogen-bond acceptors (Lipinski definition) is 3. The average molecular weight is 308 g/mol. The molecular formula is C16H18ClNO3. The zero-order valence-electron chi connectivity index (χ0n) is 11.7. The summed E-state index contributed by atoms with van der Waals surface area (Å²) in [5, 5.41) is 10.8. The van der Waals surface area contributed by atoms with Gasteiger partial charge in [-0.2, -0.15) is 0 Å². The summed E-state index contributed by atoms with van der Waals surface area (Å²) in [5.41, 5.74) is 0.662. The van der Waals surface area contributed by atoms with Crippen molar-refractivity contribution in [3.05, 3.63) is 34.9 Å². The third-order valence-electron chi connectivity index (χ3n) is 4.54. The number of benzene rings is 1. The maximum atomic E-state index is 12.3. The first kappa shape index (κ1) is 14.5. The molecule has 1 saturated carbocycles. The second-order valence-corrected chi connectivity index (χ2v) is 6.29. The quantitative estimate of drug-likeness (QED) is 0.873. The monoisotopic (exact) mass is 307 g/mol.